The second kappa shape index (κ2) is 8.34. The molecule has 1 saturated heterocycles. The first-order chi connectivity index (χ1) is 14.7. The van der Waals surface area contributed by atoms with Crippen molar-refractivity contribution in [2.45, 2.75) is 25.9 Å². The number of para-hydroxylation sites is 2. The number of halogens is 4. The van der Waals surface area contributed by atoms with Crippen molar-refractivity contribution in [1.82, 2.24) is 9.97 Å². The van der Waals surface area contributed by atoms with E-state index >= 15 is 0 Å². The molecule has 2 heterocycles. The van der Waals surface area contributed by atoms with Gasteiger partial charge in [-0.05, 0) is 49.6 Å². The van der Waals surface area contributed by atoms with E-state index in [-0.39, 0.29) is 23.8 Å². The van der Waals surface area contributed by atoms with E-state index in [0.717, 1.165) is 5.56 Å². The molecule has 9 heteroatoms. The van der Waals surface area contributed by atoms with E-state index in [4.69, 9.17) is 11.6 Å². The molecule has 162 valence electrons. The van der Waals surface area contributed by atoms with Crippen LogP contribution < -0.4 is 10.2 Å². The lowest BCUT2D eigenvalue weighted by Gasteiger charge is -2.34. The fourth-order valence-corrected chi connectivity index (χ4v) is 3.94. The normalized spacial score (nSPS) is 17.1. The molecular formula is C22H20ClF3N4O. The van der Waals surface area contributed by atoms with Crippen LogP contribution in [0.15, 0.2) is 42.5 Å². The van der Waals surface area contributed by atoms with E-state index in [9.17, 15) is 18.0 Å². The van der Waals surface area contributed by atoms with E-state index < -0.39 is 17.8 Å². The number of carbonyl (C=O) groups is 1. The second-order valence-electron chi connectivity index (χ2n) is 7.57. The van der Waals surface area contributed by atoms with Crippen molar-refractivity contribution < 1.29 is 18.0 Å². The summed E-state index contributed by atoms with van der Waals surface area (Å²) in [7, 11) is 0. The molecule has 1 N–H and O–H groups in total. The molecule has 1 aliphatic rings. The summed E-state index contributed by atoms with van der Waals surface area (Å²) < 4.78 is 41.2. The Morgan fingerprint density at radius 1 is 1.13 bits per heavy atom. The van der Waals surface area contributed by atoms with Gasteiger partial charge in [-0.25, -0.2) is 9.97 Å². The number of benzene rings is 2. The van der Waals surface area contributed by atoms with Crippen molar-refractivity contribution >= 4 is 40.0 Å². The monoisotopic (exact) mass is 448 g/mol. The quantitative estimate of drug-likeness (QED) is 0.577. The molecule has 1 amide bonds. The zero-order valence-electron chi connectivity index (χ0n) is 16.7. The number of alkyl halides is 3. The number of hydrogen-bond donors (Lipinski definition) is 1. The summed E-state index contributed by atoms with van der Waals surface area (Å²) in [4.78, 5) is 22.5. The van der Waals surface area contributed by atoms with Crippen LogP contribution in [0.2, 0.25) is 5.02 Å². The first-order valence-electron chi connectivity index (χ1n) is 9.89. The van der Waals surface area contributed by atoms with Crippen molar-refractivity contribution in [1.29, 1.82) is 0 Å². The van der Waals surface area contributed by atoms with Crippen LogP contribution >= 0.6 is 11.6 Å². The van der Waals surface area contributed by atoms with E-state index in [1.807, 2.05) is 0 Å². The smallest absolute Gasteiger partial charge is 0.354 e. The maximum absolute atomic E-state index is 13.7. The largest absolute Gasteiger partial charge is 0.437 e. The number of rotatable bonds is 3. The van der Waals surface area contributed by atoms with Crippen LogP contribution in [0.4, 0.5) is 24.7 Å². The van der Waals surface area contributed by atoms with Gasteiger partial charge in [0.1, 0.15) is 0 Å². The highest BCUT2D eigenvalue weighted by molar-refractivity contribution is 6.31. The predicted octanol–water partition coefficient (Wildman–Crippen LogP) is 5.47. The van der Waals surface area contributed by atoms with E-state index in [2.05, 4.69) is 15.3 Å². The predicted molar refractivity (Wildman–Crippen MR) is 114 cm³/mol. The molecule has 0 saturated carbocycles. The third kappa shape index (κ3) is 4.44. The van der Waals surface area contributed by atoms with Gasteiger partial charge in [-0.3, -0.25) is 4.79 Å². The van der Waals surface area contributed by atoms with Gasteiger partial charge in [-0.15, -0.1) is 0 Å². The summed E-state index contributed by atoms with van der Waals surface area (Å²) in [6, 6.07) is 11.7. The summed E-state index contributed by atoms with van der Waals surface area (Å²) in [5.74, 6) is -0.971. The van der Waals surface area contributed by atoms with Crippen LogP contribution in [0.5, 0.6) is 0 Å². The fraction of sp³-hybridized carbons (Fsp3) is 0.318. The Kier molecular flexibility index (Phi) is 5.75. The van der Waals surface area contributed by atoms with Crippen molar-refractivity contribution in [3.63, 3.8) is 0 Å². The first-order valence-corrected chi connectivity index (χ1v) is 10.3. The highest BCUT2D eigenvalue weighted by atomic mass is 35.5. The first kappa shape index (κ1) is 21.4. The molecule has 0 radical (unpaired) electrons. The minimum Gasteiger partial charge on any atom is -0.354 e. The Labute approximate surface area is 182 Å². The molecule has 1 aromatic heterocycles. The number of hydrogen-bond acceptors (Lipinski definition) is 4. The summed E-state index contributed by atoms with van der Waals surface area (Å²) in [6.45, 7) is 2.29. The molecule has 2 aromatic carbocycles. The van der Waals surface area contributed by atoms with E-state index in [1.54, 1.807) is 43.3 Å². The summed E-state index contributed by atoms with van der Waals surface area (Å²) in [5.41, 5.74) is 0.868. The van der Waals surface area contributed by atoms with Gasteiger partial charge < -0.3 is 10.2 Å². The van der Waals surface area contributed by atoms with Gasteiger partial charge in [0.2, 0.25) is 5.91 Å². The maximum Gasteiger partial charge on any atom is 0.437 e. The van der Waals surface area contributed by atoms with Crippen LogP contribution in [0, 0.1) is 12.8 Å². The number of piperidine rings is 1. The van der Waals surface area contributed by atoms with Gasteiger partial charge in [0.15, 0.2) is 11.5 Å². The van der Waals surface area contributed by atoms with Gasteiger partial charge in [0.25, 0.3) is 0 Å². The third-order valence-corrected chi connectivity index (χ3v) is 5.85. The molecule has 1 aliphatic heterocycles. The van der Waals surface area contributed by atoms with Crippen LogP contribution in [0.1, 0.15) is 24.1 Å². The molecule has 1 fully saturated rings. The van der Waals surface area contributed by atoms with Crippen molar-refractivity contribution in [2.24, 2.45) is 5.92 Å². The Morgan fingerprint density at radius 3 is 2.55 bits per heavy atom. The van der Waals surface area contributed by atoms with Crippen LogP contribution in [-0.4, -0.2) is 29.0 Å². The van der Waals surface area contributed by atoms with Crippen LogP contribution in [0.25, 0.3) is 11.0 Å². The van der Waals surface area contributed by atoms with Gasteiger partial charge in [-0.2, -0.15) is 13.2 Å². The molecule has 0 bridgehead atoms. The number of aromatic nitrogens is 2. The van der Waals surface area contributed by atoms with Crippen molar-refractivity contribution in [3.05, 3.63) is 58.7 Å². The van der Waals surface area contributed by atoms with Gasteiger partial charge in [-0.1, -0.05) is 29.8 Å². The van der Waals surface area contributed by atoms with Crippen LogP contribution in [0.3, 0.4) is 0 Å². The Hall–Kier alpha value is -2.87. The summed E-state index contributed by atoms with van der Waals surface area (Å²) >= 11 is 6.11. The SMILES string of the molecule is Cc1c(Cl)cccc1NC(=O)[C@H]1CCCN(c2nc3ccccc3nc2C(F)(F)F)C1. The van der Waals surface area contributed by atoms with Gasteiger partial charge >= 0.3 is 6.18 Å². The Bertz CT molecular complexity index is 1140. The number of carbonyl (C=O) groups excluding carboxylic acids is 1. The number of anilines is 2. The zero-order chi connectivity index (χ0) is 22.2. The van der Waals surface area contributed by atoms with E-state index in [1.165, 1.54) is 11.0 Å². The Morgan fingerprint density at radius 2 is 1.84 bits per heavy atom. The second-order valence-corrected chi connectivity index (χ2v) is 7.98. The van der Waals surface area contributed by atoms with Crippen molar-refractivity contribution in [2.75, 3.05) is 23.3 Å². The number of fused-ring (bicyclic) bond motifs is 1. The minimum absolute atomic E-state index is 0.127. The number of nitrogens with zero attached hydrogens (tertiary/aromatic N) is 3. The standard InChI is InChI=1S/C22H20ClF3N4O/c1-13-15(23)7-4-10-16(13)29-21(31)14-6-5-11-30(12-14)20-19(22(24,25)26)27-17-8-2-3-9-18(17)28-20/h2-4,7-10,14H,5-6,11-12H2,1H3,(H,29,31)/t14-/m0/s1. The number of nitrogens with one attached hydrogen (secondary N) is 1. The zero-order valence-corrected chi connectivity index (χ0v) is 17.5. The highest BCUT2D eigenvalue weighted by Gasteiger charge is 2.40. The molecule has 31 heavy (non-hydrogen) atoms. The molecule has 0 unspecified atom stereocenters. The molecule has 5 nitrogen and oxygen atoms in total. The van der Waals surface area contributed by atoms with Crippen LogP contribution in [-0.2, 0) is 11.0 Å². The van der Waals surface area contributed by atoms with Gasteiger partial charge in [0, 0.05) is 23.8 Å². The highest BCUT2D eigenvalue weighted by Crippen LogP contribution is 2.37. The minimum atomic E-state index is -4.65. The molecule has 1 atom stereocenters. The lowest BCUT2D eigenvalue weighted by molar-refractivity contribution is -0.140. The average molecular weight is 449 g/mol. The van der Waals surface area contributed by atoms with E-state index in [0.29, 0.717) is 35.6 Å². The molecule has 3 aromatic rings. The number of amides is 1. The fourth-order valence-electron chi connectivity index (χ4n) is 3.76. The summed E-state index contributed by atoms with van der Waals surface area (Å²) in [5, 5.41) is 3.39. The average Bonchev–Trinajstić information content (AvgIpc) is 2.75. The molecule has 4 rings (SSSR count). The lowest BCUT2D eigenvalue weighted by Crippen LogP contribution is -2.42. The lowest BCUT2D eigenvalue weighted by atomic mass is 9.96. The topological polar surface area (TPSA) is 58.1 Å². The molecule has 0 aliphatic carbocycles. The Balaban J connectivity index is 1.62. The molecule has 0 spiro atoms. The summed E-state index contributed by atoms with van der Waals surface area (Å²) in [6.07, 6.45) is -3.51. The van der Waals surface area contributed by atoms with Crippen molar-refractivity contribution in [3.8, 4) is 0 Å². The molecular weight excluding hydrogens is 429 g/mol. The maximum atomic E-state index is 13.7. The van der Waals surface area contributed by atoms with Gasteiger partial charge in [0.05, 0.1) is 17.0 Å². The third-order valence-electron chi connectivity index (χ3n) is 5.44.